The van der Waals surface area contributed by atoms with Crippen molar-refractivity contribution in [2.75, 3.05) is 0 Å². The van der Waals surface area contributed by atoms with Crippen molar-refractivity contribution < 1.29 is 9.50 Å². The number of aliphatic hydroxyl groups is 1. The fourth-order valence-electron chi connectivity index (χ4n) is 1.14. The maximum absolute atomic E-state index is 13.5. The number of pyridine rings is 1. The van der Waals surface area contributed by atoms with Gasteiger partial charge in [0, 0.05) is 6.20 Å². The summed E-state index contributed by atoms with van der Waals surface area (Å²) in [6.45, 7) is -0.285. The van der Waals surface area contributed by atoms with E-state index >= 15 is 0 Å². The Balaban J connectivity index is 2.59. The van der Waals surface area contributed by atoms with Crippen LogP contribution in [0.2, 0.25) is 5.15 Å². The van der Waals surface area contributed by atoms with Gasteiger partial charge >= 0.3 is 0 Å². The Kier molecular flexibility index (Phi) is 2.61. The largest absolute Gasteiger partial charge is 0.390 e. The lowest BCUT2D eigenvalue weighted by Crippen LogP contribution is -2.05. The first-order chi connectivity index (χ1) is 7.24. The van der Waals surface area contributed by atoms with Gasteiger partial charge < -0.3 is 5.11 Å². The molecule has 0 saturated carbocycles. The van der Waals surface area contributed by atoms with Crippen LogP contribution in [-0.2, 0) is 6.61 Å². The minimum atomic E-state index is -0.695. The Labute approximate surface area is 89.1 Å². The molecule has 0 bridgehead atoms. The predicted molar refractivity (Wildman–Crippen MR) is 50.0 cm³/mol. The third-order valence-electron chi connectivity index (χ3n) is 1.84. The smallest absolute Gasteiger partial charge is 0.186 e. The molecule has 78 valence electrons. The minimum absolute atomic E-state index is 0.108. The second-order valence-corrected chi connectivity index (χ2v) is 3.09. The summed E-state index contributed by atoms with van der Waals surface area (Å²) in [5.41, 5.74) is 0.479. The monoisotopic (exact) mass is 228 g/mol. The molecule has 0 unspecified atom stereocenters. The van der Waals surface area contributed by atoms with Crippen LogP contribution in [-0.4, -0.2) is 25.1 Å². The van der Waals surface area contributed by atoms with E-state index in [-0.39, 0.29) is 17.4 Å². The molecule has 0 aliphatic carbocycles. The Morgan fingerprint density at radius 2 is 2.33 bits per heavy atom. The maximum atomic E-state index is 13.5. The SMILES string of the molecule is OCc1cnnn1-c1ccnc(Cl)c1F. The molecule has 5 nitrogen and oxygen atoms in total. The van der Waals surface area contributed by atoms with E-state index in [1.807, 2.05) is 0 Å². The highest BCUT2D eigenvalue weighted by Gasteiger charge is 2.13. The van der Waals surface area contributed by atoms with Crippen molar-refractivity contribution in [3.05, 3.63) is 35.1 Å². The van der Waals surface area contributed by atoms with Crippen molar-refractivity contribution in [2.45, 2.75) is 6.61 Å². The second-order valence-electron chi connectivity index (χ2n) is 2.73. The van der Waals surface area contributed by atoms with Crippen molar-refractivity contribution >= 4 is 11.6 Å². The van der Waals surface area contributed by atoms with Crippen molar-refractivity contribution in [1.82, 2.24) is 20.0 Å². The van der Waals surface area contributed by atoms with Gasteiger partial charge in [0.15, 0.2) is 11.0 Å². The predicted octanol–water partition coefficient (Wildman–Crippen LogP) is 0.947. The first-order valence-electron chi connectivity index (χ1n) is 4.05. The van der Waals surface area contributed by atoms with E-state index in [4.69, 9.17) is 16.7 Å². The summed E-state index contributed by atoms with van der Waals surface area (Å²) < 4.78 is 14.7. The molecule has 7 heteroatoms. The van der Waals surface area contributed by atoms with E-state index in [1.54, 1.807) is 0 Å². The van der Waals surface area contributed by atoms with Gasteiger partial charge in [0.05, 0.1) is 18.5 Å². The Morgan fingerprint density at radius 3 is 3.07 bits per heavy atom. The average molecular weight is 229 g/mol. The van der Waals surface area contributed by atoms with Crippen molar-refractivity contribution in [3.63, 3.8) is 0 Å². The standard InChI is InChI=1S/C8H6ClFN4O/c9-8-7(10)6(1-2-11-8)14-5(4-15)3-12-13-14/h1-3,15H,4H2. The van der Waals surface area contributed by atoms with Crippen molar-refractivity contribution in [1.29, 1.82) is 0 Å². The summed E-state index contributed by atoms with van der Waals surface area (Å²) >= 11 is 5.52. The zero-order chi connectivity index (χ0) is 10.8. The van der Waals surface area contributed by atoms with E-state index in [0.29, 0.717) is 5.69 Å². The fourth-order valence-corrected chi connectivity index (χ4v) is 1.29. The zero-order valence-electron chi connectivity index (χ0n) is 7.43. The van der Waals surface area contributed by atoms with Gasteiger partial charge in [-0.25, -0.2) is 14.1 Å². The summed E-state index contributed by atoms with van der Waals surface area (Å²) in [6.07, 6.45) is 2.69. The van der Waals surface area contributed by atoms with Gasteiger partial charge in [-0.1, -0.05) is 16.8 Å². The highest BCUT2D eigenvalue weighted by atomic mass is 35.5. The third-order valence-corrected chi connectivity index (χ3v) is 2.10. The molecule has 0 radical (unpaired) electrons. The molecule has 15 heavy (non-hydrogen) atoms. The van der Waals surface area contributed by atoms with E-state index < -0.39 is 5.82 Å². The van der Waals surface area contributed by atoms with Crippen LogP contribution in [0.25, 0.3) is 5.69 Å². The Morgan fingerprint density at radius 1 is 1.53 bits per heavy atom. The first kappa shape index (κ1) is 10.0. The summed E-state index contributed by atoms with van der Waals surface area (Å²) in [4.78, 5) is 3.57. The molecule has 0 saturated heterocycles. The number of rotatable bonds is 2. The Hall–Kier alpha value is -1.53. The minimum Gasteiger partial charge on any atom is -0.390 e. The molecule has 0 aromatic carbocycles. The van der Waals surface area contributed by atoms with Gasteiger partial charge in [-0.15, -0.1) is 5.10 Å². The number of aliphatic hydroxyl groups excluding tert-OH is 1. The molecule has 0 fully saturated rings. The number of nitrogens with zero attached hydrogens (tertiary/aromatic N) is 4. The zero-order valence-corrected chi connectivity index (χ0v) is 8.19. The molecule has 0 aliphatic heterocycles. The van der Waals surface area contributed by atoms with Crippen LogP contribution in [0.1, 0.15) is 5.69 Å². The molecule has 2 aromatic heterocycles. The van der Waals surface area contributed by atoms with Crippen LogP contribution in [0, 0.1) is 5.82 Å². The van der Waals surface area contributed by atoms with E-state index in [9.17, 15) is 4.39 Å². The van der Waals surface area contributed by atoms with Crippen LogP contribution >= 0.6 is 11.6 Å². The van der Waals surface area contributed by atoms with Crippen LogP contribution < -0.4 is 0 Å². The molecule has 0 spiro atoms. The summed E-state index contributed by atoms with van der Waals surface area (Å²) in [5.74, 6) is -0.695. The van der Waals surface area contributed by atoms with Crippen LogP contribution in [0.4, 0.5) is 4.39 Å². The van der Waals surface area contributed by atoms with E-state index in [0.717, 1.165) is 0 Å². The fraction of sp³-hybridized carbons (Fsp3) is 0.125. The topological polar surface area (TPSA) is 63.8 Å². The molecule has 1 N–H and O–H groups in total. The van der Waals surface area contributed by atoms with Crippen LogP contribution in [0.3, 0.4) is 0 Å². The lowest BCUT2D eigenvalue weighted by molar-refractivity contribution is 0.273. The summed E-state index contributed by atoms with van der Waals surface area (Å²) in [6, 6.07) is 1.40. The highest BCUT2D eigenvalue weighted by molar-refractivity contribution is 6.29. The second kappa shape index (κ2) is 3.92. The molecule has 2 heterocycles. The number of halogens is 2. The van der Waals surface area contributed by atoms with E-state index in [2.05, 4.69) is 15.3 Å². The average Bonchev–Trinajstić information content (AvgIpc) is 2.70. The van der Waals surface area contributed by atoms with Gasteiger partial charge in [0.2, 0.25) is 0 Å². The van der Waals surface area contributed by atoms with Crippen LogP contribution in [0.15, 0.2) is 18.5 Å². The number of hydrogen-bond donors (Lipinski definition) is 1. The normalized spacial score (nSPS) is 10.6. The van der Waals surface area contributed by atoms with Crippen LogP contribution in [0.5, 0.6) is 0 Å². The summed E-state index contributed by atoms with van der Waals surface area (Å²) in [5, 5.41) is 15.9. The van der Waals surface area contributed by atoms with Crippen molar-refractivity contribution in [2.24, 2.45) is 0 Å². The quantitative estimate of drug-likeness (QED) is 0.778. The van der Waals surface area contributed by atoms with Gasteiger partial charge in [-0.2, -0.15) is 0 Å². The molecular weight excluding hydrogens is 223 g/mol. The van der Waals surface area contributed by atoms with Gasteiger partial charge in [-0.3, -0.25) is 0 Å². The molecule has 2 rings (SSSR count). The van der Waals surface area contributed by atoms with Gasteiger partial charge in [0.25, 0.3) is 0 Å². The lowest BCUT2D eigenvalue weighted by atomic mass is 10.3. The molecule has 2 aromatic rings. The number of hydrogen-bond acceptors (Lipinski definition) is 4. The highest BCUT2D eigenvalue weighted by Crippen LogP contribution is 2.19. The third kappa shape index (κ3) is 1.69. The molecular formula is C8H6ClFN4O. The van der Waals surface area contributed by atoms with Gasteiger partial charge in [0.1, 0.15) is 5.69 Å². The lowest BCUT2D eigenvalue weighted by Gasteiger charge is -2.05. The number of aromatic nitrogens is 4. The maximum Gasteiger partial charge on any atom is 0.186 e. The first-order valence-corrected chi connectivity index (χ1v) is 4.42. The van der Waals surface area contributed by atoms with Gasteiger partial charge in [-0.05, 0) is 6.07 Å². The Bertz CT molecular complexity index is 487. The van der Waals surface area contributed by atoms with E-state index in [1.165, 1.54) is 23.1 Å². The van der Waals surface area contributed by atoms with Crippen molar-refractivity contribution in [3.8, 4) is 5.69 Å². The molecule has 0 aliphatic rings. The molecule has 0 amide bonds. The molecule has 0 atom stereocenters. The summed E-state index contributed by atoms with van der Waals surface area (Å²) in [7, 11) is 0.